The molecule has 0 radical (unpaired) electrons. The first-order valence-electron chi connectivity index (χ1n) is 22.6. The molecule has 15 heteroatoms. The molecule has 66 heavy (non-hydrogen) atoms. The zero-order valence-electron chi connectivity index (χ0n) is 39.2. The van der Waals surface area contributed by atoms with Crippen LogP contribution in [0.15, 0.2) is 72.2 Å². The third kappa shape index (κ3) is 11.8. The topological polar surface area (TPSA) is 183 Å². The van der Waals surface area contributed by atoms with Gasteiger partial charge in [-0.25, -0.2) is 4.98 Å². The molecule has 1 aliphatic carbocycles. The summed E-state index contributed by atoms with van der Waals surface area (Å²) in [5.41, 5.74) is 5.24. The van der Waals surface area contributed by atoms with E-state index in [0.717, 1.165) is 33.8 Å². The Morgan fingerprint density at radius 2 is 1.71 bits per heavy atom. The molecular weight excluding hydrogens is 876 g/mol. The number of ketones is 1. The van der Waals surface area contributed by atoms with Crippen molar-refractivity contribution >= 4 is 52.1 Å². The summed E-state index contributed by atoms with van der Waals surface area (Å²) in [5.74, 6) is -0.546. The molecule has 3 atom stereocenters. The highest BCUT2D eigenvalue weighted by Gasteiger charge is 2.64. The lowest BCUT2D eigenvalue weighted by molar-refractivity contribution is -0.164. The number of benzene rings is 3. The number of amides is 3. The zero-order valence-corrected chi connectivity index (χ0v) is 40.8. The molecule has 13 nitrogen and oxygen atoms in total. The van der Waals surface area contributed by atoms with E-state index in [1.807, 2.05) is 69.6 Å². The van der Waals surface area contributed by atoms with Gasteiger partial charge in [-0.1, -0.05) is 84.3 Å². The van der Waals surface area contributed by atoms with Crippen LogP contribution in [0.4, 0.5) is 5.69 Å². The largest absolute Gasteiger partial charge is 0.489 e. The first kappa shape index (κ1) is 50.1. The maximum atomic E-state index is 14.0. The van der Waals surface area contributed by atoms with Gasteiger partial charge in [0.05, 0.1) is 38.8 Å². The fraction of sp³-hybridized carbons (Fsp3) is 0.490. The maximum Gasteiger partial charge on any atom is 0.251 e. The Kier molecular flexibility index (Phi) is 16.0. The van der Waals surface area contributed by atoms with Crippen molar-refractivity contribution in [3.63, 3.8) is 0 Å². The number of thiazole rings is 1. The van der Waals surface area contributed by atoms with Gasteiger partial charge < -0.3 is 35.4 Å². The third-order valence-electron chi connectivity index (χ3n) is 12.8. The van der Waals surface area contributed by atoms with E-state index >= 15 is 0 Å². The molecule has 1 aromatic heterocycles. The van der Waals surface area contributed by atoms with E-state index in [1.54, 1.807) is 41.7 Å². The van der Waals surface area contributed by atoms with Gasteiger partial charge in [0.15, 0.2) is 5.78 Å². The number of aromatic nitrogens is 1. The van der Waals surface area contributed by atoms with Gasteiger partial charge in [0.25, 0.3) is 5.91 Å². The van der Waals surface area contributed by atoms with E-state index < -0.39 is 35.4 Å². The number of halogens is 1. The number of carbonyl (C=O) groups is 4. The molecule has 2 heterocycles. The number of nitriles is 1. The minimum Gasteiger partial charge on any atom is -0.489 e. The summed E-state index contributed by atoms with van der Waals surface area (Å²) in [7, 11) is 0. The van der Waals surface area contributed by atoms with Gasteiger partial charge in [0, 0.05) is 66.7 Å². The van der Waals surface area contributed by atoms with E-state index in [9.17, 15) is 29.5 Å². The van der Waals surface area contributed by atoms with Crippen LogP contribution in [0, 0.1) is 34.5 Å². The fourth-order valence-electron chi connectivity index (χ4n) is 9.49. The Morgan fingerprint density at radius 3 is 2.33 bits per heavy atom. The average molecular weight is 940 g/mol. The summed E-state index contributed by atoms with van der Waals surface area (Å²) in [6.07, 6.45) is 1.30. The van der Waals surface area contributed by atoms with E-state index in [0.29, 0.717) is 47.9 Å². The van der Waals surface area contributed by atoms with Gasteiger partial charge in [-0.15, -0.1) is 11.3 Å². The number of aliphatic hydroxyl groups is 1. The molecule has 6 rings (SSSR count). The number of ether oxygens (including phenoxy) is 2. The first-order chi connectivity index (χ1) is 31.2. The number of carbonyl (C=O) groups excluding carboxylic acids is 4. The molecule has 4 aromatic rings. The number of Topliss-reactive ketones (excluding diaryl/α,β-unsaturated/α-hetero) is 1. The number of unbranched alkanes of at least 4 members (excludes halogenated alkanes) is 1. The standard InChI is InChI=1S/C51H63ClN6O7S/c1-31-43(66-30-55-31)33-14-11-32(12-15-33)13-22-41(60)40-25-37(59)28-58(40)46(63)44(49(2,3)4)56-42(61)29-64-24-10-9-23-54-36-19-16-34(17-20-36)45(62)57-47-50(5,6)48(51(47,7)8)65-38-21-18-35(27-53)39(52)26-38/h11-12,14-21,26,30,37,40,44,47-48,54,59H,9-10,13,22-25,28-29H2,1-8H3,(H,56,61)(H,57,62)/t37-,40+,44-,47?,48?/m1/s1. The van der Waals surface area contributed by atoms with Gasteiger partial charge in [-0.3, -0.25) is 19.2 Å². The molecule has 0 spiro atoms. The molecule has 1 saturated heterocycles. The fourth-order valence-corrected chi connectivity index (χ4v) is 10.5. The van der Waals surface area contributed by atoms with Crippen LogP contribution in [0.1, 0.15) is 101 Å². The number of aliphatic hydroxyl groups excluding tert-OH is 1. The normalized spacial score (nSPS) is 20.1. The van der Waals surface area contributed by atoms with Crippen LogP contribution in [0.5, 0.6) is 5.75 Å². The Labute approximate surface area is 397 Å². The highest BCUT2D eigenvalue weighted by molar-refractivity contribution is 7.13. The summed E-state index contributed by atoms with van der Waals surface area (Å²) in [6, 6.07) is 20.6. The number of anilines is 1. The minimum absolute atomic E-state index is 0.0269. The van der Waals surface area contributed by atoms with Gasteiger partial charge in [0.1, 0.15) is 30.6 Å². The Hall–Kier alpha value is -5.33. The van der Waals surface area contributed by atoms with Gasteiger partial charge in [-0.05, 0) is 79.1 Å². The second-order valence-corrected chi connectivity index (χ2v) is 21.0. The van der Waals surface area contributed by atoms with E-state index in [1.165, 1.54) is 4.90 Å². The quantitative estimate of drug-likeness (QED) is 0.0670. The van der Waals surface area contributed by atoms with Crippen LogP contribution < -0.4 is 20.7 Å². The van der Waals surface area contributed by atoms with E-state index in [-0.39, 0.29) is 60.7 Å². The number of rotatable bonds is 19. The Bertz CT molecular complexity index is 2390. The molecule has 1 saturated carbocycles. The summed E-state index contributed by atoms with van der Waals surface area (Å²) in [5, 5.41) is 29.6. The number of likely N-dealkylation sites (tertiary alicyclic amines) is 1. The average Bonchev–Trinajstić information content (AvgIpc) is 3.89. The molecule has 0 bridgehead atoms. The van der Waals surface area contributed by atoms with Crippen molar-refractivity contribution in [1.82, 2.24) is 20.5 Å². The van der Waals surface area contributed by atoms with Crippen LogP contribution >= 0.6 is 22.9 Å². The second-order valence-electron chi connectivity index (χ2n) is 19.8. The summed E-state index contributed by atoms with van der Waals surface area (Å²) < 4.78 is 12.0. The summed E-state index contributed by atoms with van der Waals surface area (Å²) in [4.78, 5) is 60.9. The monoisotopic (exact) mass is 938 g/mol. The van der Waals surface area contributed by atoms with Crippen LogP contribution in [0.2, 0.25) is 5.02 Å². The highest BCUT2D eigenvalue weighted by Crippen LogP contribution is 2.55. The van der Waals surface area contributed by atoms with Gasteiger partial charge in [-0.2, -0.15) is 5.26 Å². The Balaban J connectivity index is 0.896. The molecule has 352 valence electrons. The van der Waals surface area contributed by atoms with Crippen molar-refractivity contribution in [3.05, 3.63) is 99.6 Å². The number of β-amino-alcohol motifs (C(OH)–C–C–N with tert-alkyl or cyclic N) is 1. The minimum atomic E-state index is -0.927. The number of hydrogen-bond acceptors (Lipinski definition) is 11. The van der Waals surface area contributed by atoms with Crippen LogP contribution in [-0.2, 0) is 25.5 Å². The van der Waals surface area contributed by atoms with E-state index in [2.05, 4.69) is 54.7 Å². The predicted octanol–water partition coefficient (Wildman–Crippen LogP) is 8.16. The van der Waals surface area contributed by atoms with Gasteiger partial charge >= 0.3 is 0 Å². The van der Waals surface area contributed by atoms with Crippen molar-refractivity contribution in [3.8, 4) is 22.3 Å². The molecule has 2 fully saturated rings. The Morgan fingerprint density at radius 1 is 1.02 bits per heavy atom. The summed E-state index contributed by atoms with van der Waals surface area (Å²) >= 11 is 7.82. The van der Waals surface area contributed by atoms with Gasteiger partial charge in [0.2, 0.25) is 11.8 Å². The third-order valence-corrected chi connectivity index (χ3v) is 14.1. The van der Waals surface area contributed by atoms with Crippen molar-refractivity contribution in [2.75, 3.05) is 31.6 Å². The SMILES string of the molecule is Cc1ncsc1-c1ccc(CCC(=O)[C@@H]2C[C@@H](O)CN2C(=O)[C@@H](NC(=O)COCCCCNc2ccc(C(=O)NC3C(C)(C)C(Oc4ccc(C#N)c(Cl)c4)C3(C)C)cc2)C(C)(C)C)cc1. The lowest BCUT2D eigenvalue weighted by atomic mass is 9.49. The second kappa shape index (κ2) is 21.1. The summed E-state index contributed by atoms with van der Waals surface area (Å²) in [6.45, 7) is 16.6. The van der Waals surface area contributed by atoms with Crippen molar-refractivity contribution < 1.29 is 33.8 Å². The lowest BCUT2D eigenvalue weighted by Crippen LogP contribution is -2.74. The van der Waals surface area contributed by atoms with Crippen molar-refractivity contribution in [1.29, 1.82) is 5.26 Å². The number of aryl methyl sites for hydroxylation is 2. The number of hydrogen-bond donors (Lipinski definition) is 4. The molecule has 4 N–H and O–H groups in total. The number of nitrogens with zero attached hydrogens (tertiary/aromatic N) is 3. The molecule has 3 amide bonds. The molecular formula is C51H63ClN6O7S. The first-order valence-corrected chi connectivity index (χ1v) is 23.8. The van der Waals surface area contributed by atoms with Crippen LogP contribution in [0.25, 0.3) is 10.4 Å². The van der Waals surface area contributed by atoms with Crippen LogP contribution in [0.3, 0.4) is 0 Å². The smallest absolute Gasteiger partial charge is 0.251 e. The van der Waals surface area contributed by atoms with E-state index in [4.69, 9.17) is 21.1 Å². The molecule has 0 unspecified atom stereocenters. The maximum absolute atomic E-state index is 14.0. The van der Waals surface area contributed by atoms with Crippen LogP contribution in [-0.4, -0.2) is 95.1 Å². The lowest BCUT2D eigenvalue weighted by Gasteiger charge is -2.63. The zero-order chi connectivity index (χ0) is 48.0. The number of nitrogens with one attached hydrogen (secondary N) is 3. The highest BCUT2D eigenvalue weighted by atomic mass is 35.5. The van der Waals surface area contributed by atoms with Crippen molar-refractivity contribution in [2.45, 2.75) is 118 Å². The molecule has 2 aliphatic rings. The molecule has 1 aliphatic heterocycles. The molecule has 3 aromatic carbocycles. The van der Waals surface area contributed by atoms with Crippen molar-refractivity contribution in [2.24, 2.45) is 16.2 Å². The predicted molar refractivity (Wildman–Crippen MR) is 258 cm³/mol.